The van der Waals surface area contributed by atoms with Gasteiger partial charge in [-0.3, -0.25) is 5.10 Å². The van der Waals surface area contributed by atoms with Crippen LogP contribution in [0.1, 0.15) is 13.8 Å². The summed E-state index contributed by atoms with van der Waals surface area (Å²) in [5, 5.41) is 15.0. The number of benzene rings is 1. The molecule has 0 radical (unpaired) electrons. The van der Waals surface area contributed by atoms with E-state index in [1.165, 1.54) is 0 Å². The van der Waals surface area contributed by atoms with Crippen molar-refractivity contribution in [3.05, 3.63) is 53.0 Å². The number of ether oxygens (including phenoxy) is 1. The minimum atomic E-state index is 0.441. The Hall–Kier alpha value is -0.870. The fourth-order valence-corrected chi connectivity index (χ4v) is 4.32. The first-order chi connectivity index (χ1) is 15.2. The molecule has 4 rings (SSSR count). The highest BCUT2D eigenvalue weighted by atomic mass is 79.9. The molecule has 0 amide bonds. The largest absolute Gasteiger partial charge is 0.424 e. The van der Waals surface area contributed by atoms with E-state index < -0.39 is 0 Å². The number of hydrogen-bond acceptors (Lipinski definition) is 7. The average Bonchev–Trinajstić information content (AvgIpc) is 3.40. The zero-order chi connectivity index (χ0) is 23.7. The van der Waals surface area contributed by atoms with Crippen molar-refractivity contribution < 1.29 is 4.74 Å². The summed E-state index contributed by atoms with van der Waals surface area (Å²) in [6, 6.07) is 7.59. The third kappa shape index (κ3) is 9.17. The number of aromatic amines is 1. The number of rotatable bonds is 4. The zero-order valence-electron chi connectivity index (χ0n) is 16.5. The van der Waals surface area contributed by atoms with Crippen LogP contribution in [0, 0.1) is 0 Å². The number of halogens is 6. The molecule has 3 heterocycles. The maximum Gasteiger partial charge on any atom is 0.321 e. The monoisotopic (exact) mass is 779 g/mol. The Bertz CT molecular complexity index is 1120. The second-order valence-corrected chi connectivity index (χ2v) is 9.42. The zero-order valence-corrected chi connectivity index (χ0v) is 25.2. The number of aryl methyl sites for hydroxylation is 2. The molecule has 0 aliphatic heterocycles. The van der Waals surface area contributed by atoms with Gasteiger partial charge in [-0.2, -0.15) is 15.0 Å². The molecule has 172 valence electrons. The Morgan fingerprint density at radius 1 is 0.906 bits per heavy atom. The average molecular weight is 784 g/mol. The summed E-state index contributed by atoms with van der Waals surface area (Å²) in [5.41, 5.74) is 0. The van der Waals surface area contributed by atoms with Crippen LogP contribution in [0.5, 0.6) is 11.8 Å². The van der Waals surface area contributed by atoms with Gasteiger partial charge in [0.15, 0.2) is 9.47 Å². The third-order valence-electron chi connectivity index (χ3n) is 3.25. The fourth-order valence-electron chi connectivity index (χ4n) is 1.94. The highest BCUT2D eigenvalue weighted by molar-refractivity contribution is 9.11. The second-order valence-electron chi connectivity index (χ2n) is 5.40. The Kier molecular flexibility index (Phi) is 11.8. The fraction of sp³-hybridized carbons (Fsp3) is 0.250. The van der Waals surface area contributed by atoms with E-state index in [2.05, 4.69) is 115 Å². The van der Waals surface area contributed by atoms with Gasteiger partial charge < -0.3 is 4.74 Å². The van der Waals surface area contributed by atoms with Crippen LogP contribution in [0.3, 0.4) is 0 Å². The summed E-state index contributed by atoms with van der Waals surface area (Å²) in [6.07, 6.45) is 0. The van der Waals surface area contributed by atoms with Crippen LogP contribution in [0.4, 0.5) is 0 Å². The predicted octanol–water partition coefficient (Wildman–Crippen LogP) is 6.66. The van der Waals surface area contributed by atoms with Crippen molar-refractivity contribution in [2.45, 2.75) is 26.9 Å². The molecule has 0 unspecified atom stereocenters. The molecule has 0 atom stereocenters. The first-order valence-corrected chi connectivity index (χ1v) is 13.1. The standard InChI is InChI=1S/C10H9BrClN3O.C4H5Br2N3.C2HBr2N3/c1-2-15-10(13-9(11)14-15)16-8-5-3-4-7(12)6-8;1-2-9-4(6)7-3(5)8-9;3-1-5-2(4)7-6-1/h3-6H,2H2,1H3;2H2,1H3;(H,5,6,7). The molecule has 0 saturated carbocycles. The van der Waals surface area contributed by atoms with Crippen molar-refractivity contribution in [2.75, 3.05) is 0 Å². The van der Waals surface area contributed by atoms with Gasteiger partial charge in [0.2, 0.25) is 14.2 Å². The van der Waals surface area contributed by atoms with Crippen molar-refractivity contribution in [2.24, 2.45) is 0 Å². The second kappa shape index (κ2) is 13.7. The molecule has 1 N–H and O–H groups in total. The molecule has 32 heavy (non-hydrogen) atoms. The molecule has 16 heteroatoms. The van der Waals surface area contributed by atoms with E-state index in [0.29, 0.717) is 42.3 Å². The van der Waals surface area contributed by atoms with Crippen LogP contribution >= 0.6 is 91.3 Å². The van der Waals surface area contributed by atoms with Crippen LogP contribution in [0.2, 0.25) is 5.02 Å². The molecule has 0 aliphatic carbocycles. The summed E-state index contributed by atoms with van der Waals surface area (Å²) >= 11 is 21.6. The molecule has 4 aromatic rings. The molecule has 1 aromatic carbocycles. The van der Waals surface area contributed by atoms with Gasteiger partial charge in [-0.15, -0.1) is 15.3 Å². The Morgan fingerprint density at radius 3 is 2.00 bits per heavy atom. The lowest BCUT2D eigenvalue weighted by atomic mass is 10.3. The number of nitrogens with one attached hydrogen (secondary N) is 1. The predicted molar refractivity (Wildman–Crippen MR) is 138 cm³/mol. The maximum atomic E-state index is 5.86. The van der Waals surface area contributed by atoms with Gasteiger partial charge in [-0.05, 0) is 112 Å². The molecule has 0 saturated heterocycles. The number of hydrogen-bond donors (Lipinski definition) is 1. The van der Waals surface area contributed by atoms with Crippen LogP contribution in [-0.4, -0.2) is 44.7 Å². The summed E-state index contributed by atoms with van der Waals surface area (Å²) < 4.78 is 12.1. The summed E-state index contributed by atoms with van der Waals surface area (Å²) in [5.74, 6) is 0.641. The molecule has 0 spiro atoms. The topological polar surface area (TPSA) is 112 Å². The number of H-pyrrole nitrogens is 1. The summed E-state index contributed by atoms with van der Waals surface area (Å²) in [4.78, 5) is 11.9. The van der Waals surface area contributed by atoms with E-state index in [9.17, 15) is 0 Å². The minimum Gasteiger partial charge on any atom is -0.424 e. The van der Waals surface area contributed by atoms with Crippen molar-refractivity contribution in [1.29, 1.82) is 0 Å². The third-order valence-corrected chi connectivity index (χ3v) is 5.45. The lowest BCUT2D eigenvalue weighted by Crippen LogP contribution is -2.00. The Morgan fingerprint density at radius 2 is 1.56 bits per heavy atom. The lowest BCUT2D eigenvalue weighted by Gasteiger charge is -2.04. The maximum absolute atomic E-state index is 5.86. The SMILES string of the molecule is Brc1n[nH]c(Br)n1.CCn1nc(Br)nc1Br.CCn1nc(Br)nc1Oc1cccc(Cl)c1. The minimum absolute atomic E-state index is 0.441. The van der Waals surface area contributed by atoms with E-state index in [0.717, 1.165) is 11.3 Å². The van der Waals surface area contributed by atoms with E-state index >= 15 is 0 Å². The first kappa shape index (κ1) is 27.4. The van der Waals surface area contributed by atoms with Gasteiger partial charge in [0, 0.05) is 18.1 Å². The van der Waals surface area contributed by atoms with Gasteiger partial charge in [-0.1, -0.05) is 17.7 Å². The van der Waals surface area contributed by atoms with E-state index in [-0.39, 0.29) is 0 Å². The Labute approximate surface area is 230 Å². The van der Waals surface area contributed by atoms with Gasteiger partial charge in [-0.25, -0.2) is 9.36 Å². The van der Waals surface area contributed by atoms with E-state index in [1.807, 2.05) is 26.0 Å². The number of aromatic nitrogens is 9. The first-order valence-electron chi connectivity index (χ1n) is 8.74. The van der Waals surface area contributed by atoms with Crippen LogP contribution in [0.25, 0.3) is 0 Å². The summed E-state index contributed by atoms with van der Waals surface area (Å²) in [7, 11) is 0. The van der Waals surface area contributed by atoms with Crippen LogP contribution < -0.4 is 4.74 Å². The molecular formula is C16H15Br5ClN9O. The molecule has 3 aromatic heterocycles. The van der Waals surface area contributed by atoms with Gasteiger partial charge >= 0.3 is 6.01 Å². The van der Waals surface area contributed by atoms with Crippen molar-refractivity contribution >= 4 is 91.3 Å². The van der Waals surface area contributed by atoms with Gasteiger partial charge in [0.25, 0.3) is 0 Å². The molecule has 10 nitrogen and oxygen atoms in total. The van der Waals surface area contributed by atoms with E-state index in [1.54, 1.807) is 21.5 Å². The Balaban J connectivity index is 0.000000191. The number of nitrogens with zero attached hydrogens (tertiary/aromatic N) is 8. The molecule has 0 aliphatic rings. The van der Waals surface area contributed by atoms with Crippen molar-refractivity contribution in [3.63, 3.8) is 0 Å². The van der Waals surface area contributed by atoms with Crippen LogP contribution in [0.15, 0.2) is 47.9 Å². The van der Waals surface area contributed by atoms with Crippen LogP contribution in [-0.2, 0) is 13.1 Å². The molecule has 0 fully saturated rings. The van der Waals surface area contributed by atoms with E-state index in [4.69, 9.17) is 16.3 Å². The van der Waals surface area contributed by atoms with Gasteiger partial charge in [0.1, 0.15) is 5.75 Å². The normalized spacial score (nSPS) is 10.1. The quantitative estimate of drug-likeness (QED) is 0.247. The highest BCUT2D eigenvalue weighted by Crippen LogP contribution is 2.23. The molecule has 0 bridgehead atoms. The lowest BCUT2D eigenvalue weighted by molar-refractivity contribution is 0.402. The van der Waals surface area contributed by atoms with Gasteiger partial charge in [0.05, 0.1) is 0 Å². The van der Waals surface area contributed by atoms with Crippen molar-refractivity contribution in [3.8, 4) is 11.8 Å². The smallest absolute Gasteiger partial charge is 0.321 e. The highest BCUT2D eigenvalue weighted by Gasteiger charge is 2.09. The van der Waals surface area contributed by atoms with Crippen molar-refractivity contribution in [1.82, 2.24) is 44.7 Å². The molecular weight excluding hydrogens is 769 g/mol. The summed E-state index contributed by atoms with van der Waals surface area (Å²) in [6.45, 7) is 5.49.